The van der Waals surface area contributed by atoms with Gasteiger partial charge in [0.1, 0.15) is 6.04 Å². The van der Waals surface area contributed by atoms with E-state index in [1.165, 1.54) is 30.3 Å². The van der Waals surface area contributed by atoms with Gasteiger partial charge in [0.2, 0.25) is 5.91 Å². The summed E-state index contributed by atoms with van der Waals surface area (Å²) in [6.45, 7) is 10.3. The molecule has 0 spiro atoms. The normalized spacial score (nSPS) is 22.4. The molecule has 10 heteroatoms. The smallest absolute Gasteiger partial charge is 0.411 e. The number of ether oxygens (including phenoxy) is 1. The van der Waals surface area contributed by atoms with Crippen LogP contribution in [0.25, 0.3) is 0 Å². The number of benzene rings is 1. The molecular formula is C21H31F3N2O4Si. The predicted molar refractivity (Wildman–Crippen MR) is 113 cm³/mol. The molecule has 1 fully saturated rings. The minimum atomic E-state index is -5.06. The first kappa shape index (κ1) is 25.3. The summed E-state index contributed by atoms with van der Waals surface area (Å²) in [7, 11) is -1.53. The van der Waals surface area contributed by atoms with E-state index in [0.717, 1.165) is 7.11 Å². The van der Waals surface area contributed by atoms with Crippen LogP contribution in [0.3, 0.4) is 0 Å². The van der Waals surface area contributed by atoms with Crippen molar-refractivity contribution in [1.82, 2.24) is 10.6 Å². The maximum absolute atomic E-state index is 14.2. The molecule has 0 bridgehead atoms. The van der Waals surface area contributed by atoms with Gasteiger partial charge in [0.15, 0.2) is 8.32 Å². The van der Waals surface area contributed by atoms with Crippen molar-refractivity contribution in [2.24, 2.45) is 0 Å². The highest BCUT2D eigenvalue weighted by molar-refractivity contribution is 6.74. The lowest BCUT2D eigenvalue weighted by molar-refractivity contribution is -0.266. The third-order valence-electron chi connectivity index (χ3n) is 6.13. The lowest BCUT2D eigenvalue weighted by Crippen LogP contribution is -2.65. The molecule has 3 atom stereocenters. The van der Waals surface area contributed by atoms with Crippen LogP contribution in [0.2, 0.25) is 18.1 Å². The Morgan fingerprint density at radius 1 is 1.16 bits per heavy atom. The summed E-state index contributed by atoms with van der Waals surface area (Å²) in [5.41, 5.74) is -3.63. The highest BCUT2D eigenvalue weighted by atomic mass is 28.4. The molecule has 31 heavy (non-hydrogen) atoms. The molecule has 1 aliphatic heterocycles. The van der Waals surface area contributed by atoms with Crippen LogP contribution in [0.4, 0.5) is 13.2 Å². The van der Waals surface area contributed by atoms with Crippen molar-refractivity contribution in [2.45, 2.75) is 69.2 Å². The van der Waals surface area contributed by atoms with Crippen molar-refractivity contribution in [3.63, 3.8) is 0 Å². The molecule has 0 aromatic heterocycles. The Morgan fingerprint density at radius 2 is 1.74 bits per heavy atom. The Balaban J connectivity index is 2.41. The standard InChI is InChI=1S/C21H31F3N2O4Si/c1-19(2,3)31(5,6)30-15-12-13-25-17(27)16(15)26-18(28)20(29-4,21(22,23)24)14-10-8-7-9-11-14/h7-11,15-16H,12-13H2,1-6H3,(H,25,27)(H,26,28)/t15-,16-,20+/m0/s1. The number of amides is 2. The minimum Gasteiger partial charge on any atom is -0.411 e. The summed E-state index contributed by atoms with van der Waals surface area (Å²) in [4.78, 5) is 25.6. The minimum absolute atomic E-state index is 0.179. The Kier molecular flexibility index (Phi) is 7.29. The molecule has 174 valence electrons. The van der Waals surface area contributed by atoms with E-state index >= 15 is 0 Å². The molecule has 2 N–H and O–H groups in total. The summed E-state index contributed by atoms with van der Waals surface area (Å²) >= 11 is 0. The number of carbonyl (C=O) groups is 2. The largest absolute Gasteiger partial charge is 0.430 e. The van der Waals surface area contributed by atoms with E-state index in [1.54, 1.807) is 0 Å². The second kappa shape index (κ2) is 8.91. The third-order valence-corrected chi connectivity index (χ3v) is 10.6. The molecule has 1 aromatic carbocycles. The summed E-state index contributed by atoms with van der Waals surface area (Å²) in [5.74, 6) is -2.04. The average Bonchev–Trinajstić information content (AvgIpc) is 2.64. The monoisotopic (exact) mass is 460 g/mol. The fraction of sp³-hybridized carbons (Fsp3) is 0.619. The van der Waals surface area contributed by atoms with Crippen LogP contribution in [0.1, 0.15) is 32.8 Å². The number of piperidine rings is 1. The van der Waals surface area contributed by atoms with Gasteiger partial charge < -0.3 is 19.8 Å². The molecular weight excluding hydrogens is 429 g/mol. The first-order chi connectivity index (χ1) is 14.2. The fourth-order valence-electron chi connectivity index (χ4n) is 3.29. The molecule has 0 saturated carbocycles. The highest BCUT2D eigenvalue weighted by Gasteiger charge is 2.63. The zero-order chi connectivity index (χ0) is 23.7. The molecule has 1 aromatic rings. The van der Waals surface area contributed by atoms with Gasteiger partial charge in [-0.15, -0.1) is 0 Å². The quantitative estimate of drug-likeness (QED) is 0.638. The Hall–Kier alpha value is -1.91. The van der Waals surface area contributed by atoms with Gasteiger partial charge >= 0.3 is 6.18 Å². The first-order valence-corrected chi connectivity index (χ1v) is 13.0. The van der Waals surface area contributed by atoms with E-state index in [1.807, 2.05) is 33.9 Å². The number of alkyl halides is 3. The van der Waals surface area contributed by atoms with Gasteiger partial charge in [-0.2, -0.15) is 13.2 Å². The Labute approximate surface area is 182 Å². The van der Waals surface area contributed by atoms with Crippen LogP contribution in [0.5, 0.6) is 0 Å². The van der Waals surface area contributed by atoms with Crippen molar-refractivity contribution in [3.8, 4) is 0 Å². The third kappa shape index (κ3) is 4.96. The lowest BCUT2D eigenvalue weighted by Gasteiger charge is -2.43. The van der Waals surface area contributed by atoms with Crippen molar-refractivity contribution < 1.29 is 31.9 Å². The number of methoxy groups -OCH3 is 1. The van der Waals surface area contributed by atoms with Gasteiger partial charge in [-0.25, -0.2) is 0 Å². The van der Waals surface area contributed by atoms with Gasteiger partial charge in [-0.05, 0) is 24.6 Å². The SMILES string of the molecule is CO[C@@](C(=O)N[C@@H]1C(=O)NCC[C@@H]1O[Si](C)(C)C(C)(C)C)(c1ccccc1)C(F)(F)F. The zero-order valence-electron chi connectivity index (χ0n) is 18.7. The van der Waals surface area contributed by atoms with E-state index in [9.17, 15) is 22.8 Å². The number of hydrogen-bond donors (Lipinski definition) is 2. The van der Waals surface area contributed by atoms with Gasteiger partial charge in [0.25, 0.3) is 11.5 Å². The summed E-state index contributed by atoms with van der Waals surface area (Å²) in [5, 5.41) is 4.71. The van der Waals surface area contributed by atoms with Gasteiger partial charge in [-0.3, -0.25) is 9.59 Å². The Bertz CT molecular complexity index is 796. The summed E-state index contributed by atoms with van der Waals surface area (Å²) < 4.78 is 53.7. The van der Waals surface area contributed by atoms with Crippen LogP contribution >= 0.6 is 0 Å². The number of halogens is 3. The summed E-state index contributed by atoms with van der Waals surface area (Å²) in [6.07, 6.45) is -5.42. The van der Waals surface area contributed by atoms with Gasteiger partial charge in [0, 0.05) is 19.2 Å². The average molecular weight is 461 g/mol. The molecule has 6 nitrogen and oxygen atoms in total. The van der Waals surface area contributed by atoms with E-state index in [-0.39, 0.29) is 10.6 Å². The lowest BCUT2D eigenvalue weighted by atomic mass is 9.90. The topological polar surface area (TPSA) is 76.7 Å². The van der Waals surface area contributed by atoms with Crippen molar-refractivity contribution in [3.05, 3.63) is 35.9 Å². The van der Waals surface area contributed by atoms with Crippen LogP contribution in [-0.2, 0) is 24.4 Å². The molecule has 0 aliphatic carbocycles. The molecule has 1 heterocycles. The molecule has 2 rings (SSSR count). The van der Waals surface area contributed by atoms with E-state index in [4.69, 9.17) is 9.16 Å². The maximum atomic E-state index is 14.2. The van der Waals surface area contributed by atoms with Crippen LogP contribution < -0.4 is 10.6 Å². The highest BCUT2D eigenvalue weighted by Crippen LogP contribution is 2.43. The number of carbonyl (C=O) groups excluding carboxylic acids is 2. The maximum Gasteiger partial charge on any atom is 0.430 e. The van der Waals surface area contributed by atoms with Crippen molar-refractivity contribution in [1.29, 1.82) is 0 Å². The molecule has 1 saturated heterocycles. The number of hydrogen-bond acceptors (Lipinski definition) is 4. The van der Waals surface area contributed by atoms with E-state index in [2.05, 4.69) is 10.6 Å². The second-order valence-corrected chi connectivity index (χ2v) is 14.0. The van der Waals surface area contributed by atoms with Crippen LogP contribution in [0, 0.1) is 0 Å². The molecule has 0 unspecified atom stereocenters. The zero-order valence-corrected chi connectivity index (χ0v) is 19.7. The van der Waals surface area contributed by atoms with Crippen molar-refractivity contribution in [2.75, 3.05) is 13.7 Å². The molecule has 1 aliphatic rings. The fourth-order valence-corrected chi connectivity index (χ4v) is 4.65. The van der Waals surface area contributed by atoms with Gasteiger partial charge in [-0.1, -0.05) is 51.1 Å². The van der Waals surface area contributed by atoms with Crippen molar-refractivity contribution >= 4 is 20.1 Å². The predicted octanol–water partition coefficient (Wildman–Crippen LogP) is 3.49. The number of nitrogens with one attached hydrogen (secondary N) is 2. The molecule has 2 amide bonds. The Morgan fingerprint density at radius 3 is 2.23 bits per heavy atom. The van der Waals surface area contributed by atoms with Gasteiger partial charge in [0.05, 0.1) is 6.10 Å². The number of rotatable bonds is 6. The first-order valence-electron chi connectivity index (χ1n) is 10.1. The van der Waals surface area contributed by atoms with Crippen LogP contribution in [-0.4, -0.2) is 52.1 Å². The van der Waals surface area contributed by atoms with E-state index < -0.39 is 44.1 Å². The van der Waals surface area contributed by atoms with E-state index in [0.29, 0.717) is 13.0 Å². The molecule has 0 radical (unpaired) electrons. The second-order valence-electron chi connectivity index (χ2n) is 9.20. The summed E-state index contributed by atoms with van der Waals surface area (Å²) in [6, 6.07) is 5.38. The van der Waals surface area contributed by atoms with Crippen LogP contribution in [0.15, 0.2) is 30.3 Å².